The molecule has 5 nitrogen and oxygen atoms in total. The Hall–Kier alpha value is -1.39. The van der Waals surface area contributed by atoms with Gasteiger partial charge < -0.3 is 19.7 Å². The SMILES string of the molecule is CCNC(=NCCC(F)(F)F)N(C)Cc1ccc2c(c1)OCCO2.I. The van der Waals surface area contributed by atoms with Crippen LogP contribution in [0.15, 0.2) is 23.2 Å². The van der Waals surface area contributed by atoms with Gasteiger partial charge in [-0.15, -0.1) is 24.0 Å². The van der Waals surface area contributed by atoms with Crippen molar-refractivity contribution in [1.82, 2.24) is 10.2 Å². The second-order valence-electron chi connectivity index (χ2n) is 5.43. The van der Waals surface area contributed by atoms with Gasteiger partial charge in [-0.1, -0.05) is 6.07 Å². The fraction of sp³-hybridized carbons (Fsp3) is 0.562. The number of nitrogens with one attached hydrogen (secondary N) is 1. The molecule has 0 aliphatic carbocycles. The van der Waals surface area contributed by atoms with Gasteiger partial charge in [-0.05, 0) is 24.6 Å². The lowest BCUT2D eigenvalue weighted by molar-refractivity contribution is -0.132. The quantitative estimate of drug-likeness (QED) is 0.405. The van der Waals surface area contributed by atoms with Gasteiger partial charge in [0.05, 0.1) is 13.0 Å². The maximum Gasteiger partial charge on any atom is 0.390 e. The molecule has 1 aromatic rings. The van der Waals surface area contributed by atoms with Crippen molar-refractivity contribution in [2.24, 2.45) is 4.99 Å². The smallest absolute Gasteiger partial charge is 0.390 e. The molecule has 0 aromatic heterocycles. The first-order valence-electron chi connectivity index (χ1n) is 7.84. The first kappa shape index (κ1) is 21.7. The van der Waals surface area contributed by atoms with Crippen LogP contribution in [0.25, 0.3) is 0 Å². The number of hydrogen-bond donors (Lipinski definition) is 1. The molecule has 0 radical (unpaired) electrons. The van der Waals surface area contributed by atoms with Gasteiger partial charge in [-0.2, -0.15) is 13.2 Å². The summed E-state index contributed by atoms with van der Waals surface area (Å²) in [5.74, 6) is 1.83. The highest BCUT2D eigenvalue weighted by Crippen LogP contribution is 2.31. The summed E-state index contributed by atoms with van der Waals surface area (Å²) in [6, 6.07) is 5.62. The molecule has 9 heteroatoms. The van der Waals surface area contributed by atoms with E-state index in [0.717, 1.165) is 5.56 Å². The summed E-state index contributed by atoms with van der Waals surface area (Å²) < 4.78 is 47.8. The van der Waals surface area contributed by atoms with Crippen LogP contribution in [0.1, 0.15) is 18.9 Å². The lowest BCUT2D eigenvalue weighted by atomic mass is 10.2. The van der Waals surface area contributed by atoms with E-state index in [9.17, 15) is 13.2 Å². The highest BCUT2D eigenvalue weighted by molar-refractivity contribution is 14.0. The Morgan fingerprint density at radius 2 is 1.92 bits per heavy atom. The number of fused-ring (bicyclic) bond motifs is 1. The average Bonchev–Trinajstić information content (AvgIpc) is 2.53. The highest BCUT2D eigenvalue weighted by atomic mass is 127. The lowest BCUT2D eigenvalue weighted by Crippen LogP contribution is -2.38. The fourth-order valence-corrected chi connectivity index (χ4v) is 2.29. The molecule has 0 fully saturated rings. The van der Waals surface area contributed by atoms with E-state index in [1.54, 1.807) is 11.9 Å². The molecule has 1 aliphatic heterocycles. The molecule has 0 saturated carbocycles. The van der Waals surface area contributed by atoms with Crippen molar-refractivity contribution >= 4 is 29.9 Å². The molecule has 1 aliphatic rings. The molecule has 0 atom stereocenters. The number of hydrogen-bond acceptors (Lipinski definition) is 3. The molecular formula is C16H23F3IN3O2. The van der Waals surface area contributed by atoms with Crippen LogP contribution in [0.5, 0.6) is 11.5 Å². The molecule has 1 N–H and O–H groups in total. The molecule has 1 heterocycles. The van der Waals surface area contributed by atoms with Crippen LogP contribution in [0.4, 0.5) is 13.2 Å². The van der Waals surface area contributed by atoms with Crippen LogP contribution in [-0.2, 0) is 6.54 Å². The number of ether oxygens (including phenoxy) is 2. The minimum Gasteiger partial charge on any atom is -0.486 e. The third kappa shape index (κ3) is 7.17. The summed E-state index contributed by atoms with van der Waals surface area (Å²) in [5, 5.41) is 3.00. The van der Waals surface area contributed by atoms with Gasteiger partial charge in [-0.25, -0.2) is 0 Å². The summed E-state index contributed by atoms with van der Waals surface area (Å²) in [6.45, 7) is 3.69. The Balaban J connectivity index is 0.00000312. The monoisotopic (exact) mass is 473 g/mol. The topological polar surface area (TPSA) is 46.1 Å². The molecule has 25 heavy (non-hydrogen) atoms. The molecule has 0 unspecified atom stereocenters. The number of alkyl halides is 3. The van der Waals surface area contributed by atoms with Crippen LogP contribution < -0.4 is 14.8 Å². The van der Waals surface area contributed by atoms with Crippen LogP contribution in [-0.4, -0.2) is 50.4 Å². The van der Waals surface area contributed by atoms with Gasteiger partial charge in [0.1, 0.15) is 13.2 Å². The summed E-state index contributed by atoms with van der Waals surface area (Å²) >= 11 is 0. The number of benzene rings is 1. The van der Waals surface area contributed by atoms with Crippen molar-refractivity contribution in [3.05, 3.63) is 23.8 Å². The summed E-state index contributed by atoms with van der Waals surface area (Å²) in [7, 11) is 1.78. The number of guanidine groups is 1. The second kappa shape index (κ2) is 9.93. The Labute approximate surface area is 162 Å². The van der Waals surface area contributed by atoms with Crippen molar-refractivity contribution < 1.29 is 22.6 Å². The molecule has 0 bridgehead atoms. The van der Waals surface area contributed by atoms with Gasteiger partial charge >= 0.3 is 6.18 Å². The zero-order valence-electron chi connectivity index (χ0n) is 14.2. The Morgan fingerprint density at radius 3 is 2.56 bits per heavy atom. The van der Waals surface area contributed by atoms with Crippen molar-refractivity contribution in [2.45, 2.75) is 26.1 Å². The minimum atomic E-state index is -4.20. The van der Waals surface area contributed by atoms with Crippen LogP contribution >= 0.6 is 24.0 Å². The van der Waals surface area contributed by atoms with Gasteiger partial charge in [0.25, 0.3) is 0 Å². The van der Waals surface area contributed by atoms with Crippen molar-refractivity contribution in [3.63, 3.8) is 0 Å². The molecule has 0 amide bonds. The third-order valence-corrected chi connectivity index (χ3v) is 3.38. The van der Waals surface area contributed by atoms with Crippen molar-refractivity contribution in [2.75, 3.05) is 33.4 Å². The van der Waals surface area contributed by atoms with E-state index in [2.05, 4.69) is 10.3 Å². The van der Waals surface area contributed by atoms with E-state index >= 15 is 0 Å². The summed E-state index contributed by atoms with van der Waals surface area (Å²) in [6.07, 6.45) is -5.13. The second-order valence-corrected chi connectivity index (χ2v) is 5.43. The predicted octanol–water partition coefficient (Wildman–Crippen LogP) is 3.43. The molecule has 0 spiro atoms. The zero-order valence-corrected chi connectivity index (χ0v) is 16.6. The van der Waals surface area contributed by atoms with E-state index in [-0.39, 0.29) is 30.5 Å². The maximum absolute atomic E-state index is 12.3. The first-order chi connectivity index (χ1) is 11.4. The number of rotatable bonds is 5. The number of halogens is 4. The van der Waals surface area contributed by atoms with Crippen molar-refractivity contribution in [3.8, 4) is 11.5 Å². The first-order valence-corrected chi connectivity index (χ1v) is 7.84. The molecule has 142 valence electrons. The lowest BCUT2D eigenvalue weighted by Gasteiger charge is -2.24. The zero-order chi connectivity index (χ0) is 17.6. The maximum atomic E-state index is 12.3. The van der Waals surface area contributed by atoms with Gasteiger partial charge in [0, 0.05) is 20.1 Å². The molecule has 0 saturated heterocycles. The average molecular weight is 473 g/mol. The van der Waals surface area contributed by atoms with E-state index < -0.39 is 12.6 Å². The van der Waals surface area contributed by atoms with Crippen LogP contribution in [0.3, 0.4) is 0 Å². The van der Waals surface area contributed by atoms with Crippen molar-refractivity contribution in [1.29, 1.82) is 0 Å². The van der Waals surface area contributed by atoms with E-state index in [0.29, 0.717) is 43.8 Å². The molecule has 2 rings (SSSR count). The van der Waals surface area contributed by atoms with Crippen LogP contribution in [0.2, 0.25) is 0 Å². The van der Waals surface area contributed by atoms with Gasteiger partial charge in [0.15, 0.2) is 17.5 Å². The number of aliphatic imine (C=N–C) groups is 1. The Morgan fingerprint density at radius 1 is 1.24 bits per heavy atom. The summed E-state index contributed by atoms with van der Waals surface area (Å²) in [4.78, 5) is 5.82. The Bertz CT molecular complexity index is 582. The van der Waals surface area contributed by atoms with E-state index in [1.807, 2.05) is 25.1 Å². The summed E-state index contributed by atoms with van der Waals surface area (Å²) in [5.41, 5.74) is 0.961. The van der Waals surface area contributed by atoms with E-state index in [4.69, 9.17) is 9.47 Å². The van der Waals surface area contributed by atoms with Gasteiger partial charge in [0.2, 0.25) is 0 Å². The standard InChI is InChI=1S/C16H22F3N3O2.HI/c1-3-20-15(21-7-6-16(17,18)19)22(2)11-12-4-5-13-14(10-12)24-9-8-23-13;/h4-5,10H,3,6-9,11H2,1-2H3,(H,20,21);1H. The Kier molecular flexibility index (Phi) is 8.60. The van der Waals surface area contributed by atoms with E-state index in [1.165, 1.54) is 0 Å². The third-order valence-electron chi connectivity index (χ3n) is 3.38. The normalized spacial score (nSPS) is 13.9. The fourth-order valence-electron chi connectivity index (χ4n) is 2.29. The largest absolute Gasteiger partial charge is 0.486 e. The minimum absolute atomic E-state index is 0. The highest BCUT2D eigenvalue weighted by Gasteiger charge is 2.26. The van der Waals surface area contributed by atoms with Gasteiger partial charge in [-0.3, -0.25) is 4.99 Å². The number of nitrogens with zero attached hydrogens (tertiary/aromatic N) is 2. The predicted molar refractivity (Wildman–Crippen MR) is 101 cm³/mol. The molecule has 1 aromatic carbocycles. The van der Waals surface area contributed by atoms with Crippen LogP contribution in [0, 0.1) is 0 Å². The molecular weight excluding hydrogens is 450 g/mol.